The Morgan fingerprint density at radius 1 is 1.35 bits per heavy atom. The summed E-state index contributed by atoms with van der Waals surface area (Å²) in [6, 6.07) is 6.28. The lowest BCUT2D eigenvalue weighted by Crippen LogP contribution is -2.19. The Hall–Kier alpha value is -2.55. The predicted molar refractivity (Wildman–Crippen MR) is 101 cm³/mol. The van der Waals surface area contributed by atoms with Gasteiger partial charge in [0.15, 0.2) is 0 Å². The van der Waals surface area contributed by atoms with E-state index in [1.54, 1.807) is 16.8 Å². The van der Waals surface area contributed by atoms with Crippen LogP contribution in [0.15, 0.2) is 29.1 Å². The van der Waals surface area contributed by atoms with Crippen molar-refractivity contribution in [3.63, 3.8) is 0 Å². The van der Waals surface area contributed by atoms with E-state index in [1.165, 1.54) is 23.9 Å². The SMILES string of the molecule is CCC(CC)n1[nH]c(=O)c2c1NC(=O)CSC2c1cccc([N+](=O)[O-])c1. The second kappa shape index (κ2) is 7.36. The molecule has 1 amide bonds. The Balaban J connectivity index is 2.16. The quantitative estimate of drug-likeness (QED) is 0.615. The lowest BCUT2D eigenvalue weighted by Gasteiger charge is -2.18. The third-order valence-corrected chi connectivity index (χ3v) is 5.83. The van der Waals surface area contributed by atoms with Gasteiger partial charge in [0.1, 0.15) is 5.82 Å². The number of rotatable bonds is 5. The highest BCUT2D eigenvalue weighted by Gasteiger charge is 2.32. The summed E-state index contributed by atoms with van der Waals surface area (Å²) in [4.78, 5) is 35.5. The van der Waals surface area contributed by atoms with E-state index in [0.29, 0.717) is 16.9 Å². The van der Waals surface area contributed by atoms with Gasteiger partial charge in [-0.15, -0.1) is 11.8 Å². The van der Waals surface area contributed by atoms with Gasteiger partial charge in [0.25, 0.3) is 11.2 Å². The number of amides is 1. The number of nitro benzene ring substituents is 1. The van der Waals surface area contributed by atoms with Crippen LogP contribution in [0.1, 0.15) is 49.1 Å². The Bertz CT molecular complexity index is 900. The van der Waals surface area contributed by atoms with Crippen molar-refractivity contribution in [3.8, 4) is 0 Å². The summed E-state index contributed by atoms with van der Waals surface area (Å²) in [5.41, 5.74) is 0.755. The highest BCUT2D eigenvalue weighted by molar-refractivity contribution is 8.00. The Kier molecular flexibility index (Phi) is 5.17. The number of hydrogen-bond donors (Lipinski definition) is 2. The summed E-state index contributed by atoms with van der Waals surface area (Å²) in [6.45, 7) is 4.04. The van der Waals surface area contributed by atoms with Crippen molar-refractivity contribution >= 4 is 29.2 Å². The van der Waals surface area contributed by atoms with E-state index in [0.717, 1.165) is 12.8 Å². The molecule has 0 saturated carbocycles. The number of hydrogen-bond acceptors (Lipinski definition) is 5. The van der Waals surface area contributed by atoms with Crippen LogP contribution in [-0.4, -0.2) is 26.4 Å². The van der Waals surface area contributed by atoms with Gasteiger partial charge in [0.05, 0.1) is 27.5 Å². The van der Waals surface area contributed by atoms with Gasteiger partial charge in [-0.2, -0.15) is 0 Å². The summed E-state index contributed by atoms with van der Waals surface area (Å²) in [7, 11) is 0. The van der Waals surface area contributed by atoms with Crippen LogP contribution in [0.5, 0.6) is 0 Å². The average Bonchev–Trinajstić information content (AvgIpc) is 2.82. The lowest BCUT2D eigenvalue weighted by atomic mass is 10.1. The van der Waals surface area contributed by atoms with Crippen LogP contribution < -0.4 is 10.9 Å². The number of carbonyl (C=O) groups is 1. The summed E-state index contributed by atoms with van der Waals surface area (Å²) < 4.78 is 1.73. The van der Waals surface area contributed by atoms with Gasteiger partial charge in [-0.1, -0.05) is 26.0 Å². The van der Waals surface area contributed by atoms with E-state index in [4.69, 9.17) is 0 Å². The van der Waals surface area contributed by atoms with Crippen molar-refractivity contribution in [2.24, 2.45) is 0 Å². The standard InChI is InChI=1S/C17H20N4O4S/c1-3-11(4-2)20-16-14(17(23)19-20)15(26-9-13(22)18-16)10-6-5-7-12(8-10)21(24)25/h5-8,11,15H,3-4,9H2,1-2H3,(H,18,22)(H,19,23). The van der Waals surface area contributed by atoms with Crippen molar-refractivity contribution < 1.29 is 9.72 Å². The number of aromatic amines is 1. The molecule has 0 bridgehead atoms. The molecule has 0 saturated heterocycles. The molecular weight excluding hydrogens is 356 g/mol. The Labute approximate surface area is 154 Å². The van der Waals surface area contributed by atoms with E-state index in [2.05, 4.69) is 10.4 Å². The molecule has 0 spiro atoms. The number of fused-ring (bicyclic) bond motifs is 1. The van der Waals surface area contributed by atoms with Crippen molar-refractivity contribution in [1.82, 2.24) is 9.78 Å². The topological polar surface area (TPSA) is 110 Å². The number of carbonyl (C=O) groups excluding carboxylic acids is 1. The first-order valence-corrected chi connectivity index (χ1v) is 9.51. The van der Waals surface area contributed by atoms with Gasteiger partial charge in [-0.25, -0.2) is 0 Å². The minimum atomic E-state index is -0.464. The molecular formula is C17H20N4O4S. The number of nitrogens with one attached hydrogen (secondary N) is 2. The van der Waals surface area contributed by atoms with Crippen LogP contribution in [0.2, 0.25) is 0 Å². The van der Waals surface area contributed by atoms with Crippen molar-refractivity contribution in [1.29, 1.82) is 0 Å². The van der Waals surface area contributed by atoms with Crippen LogP contribution in [0, 0.1) is 10.1 Å². The van der Waals surface area contributed by atoms with Crippen LogP contribution in [0.25, 0.3) is 0 Å². The van der Waals surface area contributed by atoms with E-state index in [9.17, 15) is 19.7 Å². The molecule has 0 radical (unpaired) electrons. The number of nitro groups is 1. The predicted octanol–water partition coefficient (Wildman–Crippen LogP) is 3.22. The Morgan fingerprint density at radius 2 is 2.08 bits per heavy atom. The number of non-ortho nitro benzene ring substituents is 1. The molecule has 3 rings (SSSR count). The van der Waals surface area contributed by atoms with Crippen LogP contribution in [0.4, 0.5) is 11.5 Å². The van der Waals surface area contributed by atoms with Gasteiger partial charge in [-0.3, -0.25) is 29.5 Å². The maximum absolute atomic E-state index is 12.7. The molecule has 1 aliphatic heterocycles. The molecule has 1 atom stereocenters. The van der Waals surface area contributed by atoms with Crippen molar-refractivity contribution in [3.05, 3.63) is 55.9 Å². The fourth-order valence-corrected chi connectivity index (χ4v) is 4.35. The number of benzene rings is 1. The highest BCUT2D eigenvalue weighted by atomic mass is 32.2. The van der Waals surface area contributed by atoms with Gasteiger partial charge < -0.3 is 5.32 Å². The zero-order valence-electron chi connectivity index (χ0n) is 14.5. The van der Waals surface area contributed by atoms with Crippen molar-refractivity contribution in [2.45, 2.75) is 38.0 Å². The minimum absolute atomic E-state index is 0.0379. The molecule has 2 heterocycles. The molecule has 2 N–H and O–H groups in total. The molecule has 0 aliphatic carbocycles. The zero-order chi connectivity index (χ0) is 18.8. The van der Waals surface area contributed by atoms with Gasteiger partial charge in [-0.05, 0) is 18.4 Å². The first-order chi connectivity index (χ1) is 12.5. The monoisotopic (exact) mass is 376 g/mol. The largest absolute Gasteiger partial charge is 0.310 e. The fourth-order valence-electron chi connectivity index (χ4n) is 3.24. The molecule has 1 aromatic heterocycles. The second-order valence-corrected chi connectivity index (χ2v) is 7.23. The van der Waals surface area contributed by atoms with E-state index in [1.807, 2.05) is 13.8 Å². The summed E-state index contributed by atoms with van der Waals surface area (Å²) in [5.74, 6) is 0.447. The molecule has 26 heavy (non-hydrogen) atoms. The summed E-state index contributed by atoms with van der Waals surface area (Å²) >= 11 is 1.29. The number of thioether (sulfide) groups is 1. The molecule has 0 fully saturated rings. The average molecular weight is 376 g/mol. The molecule has 138 valence electrons. The number of aromatic nitrogens is 2. The van der Waals surface area contributed by atoms with E-state index >= 15 is 0 Å². The highest BCUT2D eigenvalue weighted by Crippen LogP contribution is 2.41. The number of H-pyrrole nitrogens is 1. The summed E-state index contributed by atoms with van der Waals surface area (Å²) in [5, 5.41) is 16.3. The lowest BCUT2D eigenvalue weighted by molar-refractivity contribution is -0.384. The molecule has 9 heteroatoms. The van der Waals surface area contributed by atoms with Crippen molar-refractivity contribution in [2.75, 3.05) is 11.1 Å². The van der Waals surface area contributed by atoms with Crippen LogP contribution >= 0.6 is 11.8 Å². The summed E-state index contributed by atoms with van der Waals surface area (Å²) in [6.07, 6.45) is 1.61. The number of anilines is 1. The molecule has 1 aromatic carbocycles. The maximum Gasteiger partial charge on any atom is 0.270 e. The molecule has 1 unspecified atom stereocenters. The normalized spacial score (nSPS) is 16.9. The van der Waals surface area contributed by atoms with Gasteiger partial charge in [0.2, 0.25) is 5.91 Å². The third-order valence-electron chi connectivity index (χ3n) is 4.56. The number of nitrogens with zero attached hydrogens (tertiary/aromatic N) is 2. The maximum atomic E-state index is 12.7. The van der Waals surface area contributed by atoms with E-state index < -0.39 is 10.2 Å². The van der Waals surface area contributed by atoms with Gasteiger partial charge >= 0.3 is 0 Å². The fraction of sp³-hybridized carbons (Fsp3) is 0.412. The first-order valence-electron chi connectivity index (χ1n) is 8.46. The zero-order valence-corrected chi connectivity index (χ0v) is 15.3. The minimum Gasteiger partial charge on any atom is -0.310 e. The smallest absolute Gasteiger partial charge is 0.270 e. The third kappa shape index (κ3) is 3.26. The first kappa shape index (κ1) is 18.2. The molecule has 1 aliphatic rings. The van der Waals surface area contributed by atoms with Gasteiger partial charge in [0, 0.05) is 12.1 Å². The van der Waals surface area contributed by atoms with Crippen LogP contribution in [0.3, 0.4) is 0 Å². The van der Waals surface area contributed by atoms with E-state index in [-0.39, 0.29) is 28.9 Å². The Morgan fingerprint density at radius 3 is 2.73 bits per heavy atom. The molecule has 2 aromatic rings. The second-order valence-electron chi connectivity index (χ2n) is 6.13. The van der Waals surface area contributed by atoms with Crippen LogP contribution in [-0.2, 0) is 4.79 Å². The molecule has 8 nitrogen and oxygen atoms in total.